The molecule has 19 heavy (non-hydrogen) atoms. The van der Waals surface area contributed by atoms with Crippen LogP contribution >= 0.6 is 0 Å². The smallest absolute Gasteiger partial charge is 0.414 e. The fourth-order valence-electron chi connectivity index (χ4n) is 2.66. The molecule has 1 N–H and O–H groups in total. The number of amides is 2. The summed E-state index contributed by atoms with van der Waals surface area (Å²) >= 11 is 0. The molecule has 0 radical (unpaired) electrons. The van der Waals surface area contributed by atoms with Crippen molar-refractivity contribution in [1.82, 2.24) is 4.90 Å². The number of likely N-dealkylation sites (tertiary alicyclic amines) is 1. The molecule has 4 heteroatoms. The highest BCUT2D eigenvalue weighted by atomic mass is 16.4. The minimum atomic E-state index is -1.16. The Labute approximate surface area is 113 Å². The lowest BCUT2D eigenvalue weighted by molar-refractivity contribution is -0.132. The number of carbonyl (C=O) groups is 2. The van der Waals surface area contributed by atoms with Gasteiger partial charge in [0, 0.05) is 5.92 Å². The topological polar surface area (TPSA) is 57.6 Å². The second kappa shape index (κ2) is 4.68. The molecular formula is C15H19NO3. The molecule has 0 aromatic heterocycles. The average molecular weight is 261 g/mol. The Morgan fingerprint density at radius 3 is 2.32 bits per heavy atom. The molecule has 2 unspecified atom stereocenters. The van der Waals surface area contributed by atoms with Gasteiger partial charge in [0.05, 0.1) is 6.04 Å². The van der Waals surface area contributed by atoms with Crippen LogP contribution in [0.25, 0.3) is 0 Å². The second-order valence-corrected chi connectivity index (χ2v) is 6.07. The van der Waals surface area contributed by atoms with Gasteiger partial charge in [-0.2, -0.15) is 0 Å². The Balaban J connectivity index is 2.38. The maximum absolute atomic E-state index is 12.3. The van der Waals surface area contributed by atoms with Crippen molar-refractivity contribution in [3.05, 3.63) is 35.9 Å². The molecule has 2 atom stereocenters. The fourth-order valence-corrected chi connectivity index (χ4v) is 2.66. The Morgan fingerprint density at radius 1 is 1.26 bits per heavy atom. The first-order chi connectivity index (χ1) is 8.82. The number of benzene rings is 1. The maximum Gasteiger partial charge on any atom is 0.414 e. The SMILES string of the molecule is CC(C)(C)C1CC(c2ccccc2)N(C(=O)O)C1=O. The largest absolute Gasteiger partial charge is 0.465 e. The van der Waals surface area contributed by atoms with Crippen molar-refractivity contribution in [3.8, 4) is 0 Å². The molecule has 102 valence electrons. The standard InChI is InChI=1S/C15H19NO3/c1-15(2,3)11-9-12(10-7-5-4-6-8-10)16(13(11)17)14(18)19/h4-8,11-12H,9H2,1-3H3,(H,18,19). The number of hydrogen-bond acceptors (Lipinski definition) is 2. The molecule has 0 spiro atoms. The van der Waals surface area contributed by atoms with E-state index in [9.17, 15) is 14.7 Å². The van der Waals surface area contributed by atoms with E-state index in [1.807, 2.05) is 51.1 Å². The highest BCUT2D eigenvalue weighted by molar-refractivity contribution is 5.95. The summed E-state index contributed by atoms with van der Waals surface area (Å²) in [6, 6.07) is 8.99. The maximum atomic E-state index is 12.3. The summed E-state index contributed by atoms with van der Waals surface area (Å²) in [5, 5.41) is 9.30. The van der Waals surface area contributed by atoms with Crippen LogP contribution in [0.4, 0.5) is 4.79 Å². The van der Waals surface area contributed by atoms with E-state index in [4.69, 9.17) is 0 Å². The molecule has 1 aromatic carbocycles. The molecule has 4 nitrogen and oxygen atoms in total. The van der Waals surface area contributed by atoms with E-state index in [-0.39, 0.29) is 23.3 Å². The molecule has 1 heterocycles. The van der Waals surface area contributed by atoms with E-state index >= 15 is 0 Å². The Kier molecular flexibility index (Phi) is 3.35. The Hall–Kier alpha value is -1.84. The summed E-state index contributed by atoms with van der Waals surface area (Å²) < 4.78 is 0. The number of nitrogens with zero attached hydrogens (tertiary/aromatic N) is 1. The summed E-state index contributed by atoms with van der Waals surface area (Å²) in [7, 11) is 0. The summed E-state index contributed by atoms with van der Waals surface area (Å²) in [6.07, 6.45) is -0.607. The fraction of sp³-hybridized carbons (Fsp3) is 0.467. The van der Waals surface area contributed by atoms with Crippen LogP contribution in [-0.2, 0) is 4.79 Å². The van der Waals surface area contributed by atoms with Gasteiger partial charge in [0.25, 0.3) is 0 Å². The van der Waals surface area contributed by atoms with E-state index in [0.29, 0.717) is 6.42 Å². The van der Waals surface area contributed by atoms with Crippen LogP contribution in [0.15, 0.2) is 30.3 Å². The van der Waals surface area contributed by atoms with Gasteiger partial charge >= 0.3 is 6.09 Å². The predicted octanol–water partition coefficient (Wildman–Crippen LogP) is 3.30. The van der Waals surface area contributed by atoms with Crippen molar-refractivity contribution in [1.29, 1.82) is 0 Å². The van der Waals surface area contributed by atoms with Gasteiger partial charge in [-0.15, -0.1) is 0 Å². The molecule has 1 fully saturated rings. The van der Waals surface area contributed by atoms with E-state index in [0.717, 1.165) is 10.5 Å². The summed E-state index contributed by atoms with van der Waals surface area (Å²) in [6.45, 7) is 5.93. The van der Waals surface area contributed by atoms with Crippen LogP contribution in [0, 0.1) is 11.3 Å². The van der Waals surface area contributed by atoms with Crippen molar-refractivity contribution in [2.75, 3.05) is 0 Å². The average Bonchev–Trinajstić information content (AvgIpc) is 2.68. The van der Waals surface area contributed by atoms with Gasteiger partial charge < -0.3 is 5.11 Å². The van der Waals surface area contributed by atoms with Crippen LogP contribution in [-0.4, -0.2) is 22.0 Å². The van der Waals surface area contributed by atoms with Crippen molar-refractivity contribution in [3.63, 3.8) is 0 Å². The van der Waals surface area contributed by atoms with Crippen LogP contribution in [0.3, 0.4) is 0 Å². The first-order valence-corrected chi connectivity index (χ1v) is 6.43. The van der Waals surface area contributed by atoms with Crippen molar-refractivity contribution < 1.29 is 14.7 Å². The molecule has 0 aliphatic carbocycles. The van der Waals surface area contributed by atoms with Gasteiger partial charge in [-0.25, -0.2) is 9.69 Å². The molecule has 0 saturated carbocycles. The minimum absolute atomic E-state index is 0.228. The lowest BCUT2D eigenvalue weighted by Crippen LogP contribution is -2.36. The zero-order valence-electron chi connectivity index (χ0n) is 11.5. The molecule has 2 amide bonds. The first kappa shape index (κ1) is 13.6. The van der Waals surface area contributed by atoms with Crippen molar-refractivity contribution >= 4 is 12.0 Å². The summed E-state index contributed by atoms with van der Waals surface area (Å²) in [5.41, 5.74) is 0.652. The number of hydrogen-bond donors (Lipinski definition) is 1. The normalized spacial score (nSPS) is 23.7. The lowest BCUT2D eigenvalue weighted by Gasteiger charge is -2.24. The van der Waals surface area contributed by atoms with Crippen LogP contribution < -0.4 is 0 Å². The van der Waals surface area contributed by atoms with Gasteiger partial charge in [-0.3, -0.25) is 4.79 Å². The monoisotopic (exact) mass is 261 g/mol. The molecular weight excluding hydrogens is 242 g/mol. The number of rotatable bonds is 1. The van der Waals surface area contributed by atoms with Gasteiger partial charge in [-0.05, 0) is 17.4 Å². The lowest BCUT2D eigenvalue weighted by atomic mass is 9.78. The predicted molar refractivity (Wildman–Crippen MR) is 71.6 cm³/mol. The quantitative estimate of drug-likeness (QED) is 0.843. The van der Waals surface area contributed by atoms with Crippen molar-refractivity contribution in [2.24, 2.45) is 11.3 Å². The third-order valence-electron chi connectivity index (χ3n) is 3.74. The van der Waals surface area contributed by atoms with E-state index in [1.54, 1.807) is 0 Å². The molecule has 0 bridgehead atoms. The number of carboxylic acid groups (broad SMARTS) is 1. The van der Waals surface area contributed by atoms with Crippen LogP contribution in [0.5, 0.6) is 0 Å². The molecule has 2 rings (SSSR count). The Morgan fingerprint density at radius 2 is 1.84 bits per heavy atom. The van der Waals surface area contributed by atoms with Gasteiger partial charge in [0.2, 0.25) is 5.91 Å². The minimum Gasteiger partial charge on any atom is -0.465 e. The highest BCUT2D eigenvalue weighted by Gasteiger charge is 2.48. The molecule has 1 aliphatic rings. The van der Waals surface area contributed by atoms with E-state index in [1.165, 1.54) is 0 Å². The van der Waals surface area contributed by atoms with E-state index in [2.05, 4.69) is 0 Å². The third kappa shape index (κ3) is 2.48. The molecule has 1 aromatic rings. The molecule has 1 saturated heterocycles. The highest BCUT2D eigenvalue weighted by Crippen LogP contribution is 2.44. The van der Waals surface area contributed by atoms with Gasteiger partial charge in [0.15, 0.2) is 0 Å². The third-order valence-corrected chi connectivity index (χ3v) is 3.74. The van der Waals surface area contributed by atoms with Gasteiger partial charge in [0.1, 0.15) is 0 Å². The summed E-state index contributed by atoms with van der Waals surface area (Å²) in [5.74, 6) is -0.539. The summed E-state index contributed by atoms with van der Waals surface area (Å²) in [4.78, 5) is 24.7. The second-order valence-electron chi connectivity index (χ2n) is 6.07. The van der Waals surface area contributed by atoms with Gasteiger partial charge in [-0.1, -0.05) is 51.1 Å². The number of imide groups is 1. The zero-order chi connectivity index (χ0) is 14.2. The zero-order valence-corrected chi connectivity index (χ0v) is 11.5. The van der Waals surface area contributed by atoms with Crippen LogP contribution in [0.2, 0.25) is 0 Å². The van der Waals surface area contributed by atoms with E-state index < -0.39 is 6.09 Å². The first-order valence-electron chi connectivity index (χ1n) is 6.43. The van der Waals surface area contributed by atoms with Crippen molar-refractivity contribution in [2.45, 2.75) is 33.2 Å². The van der Waals surface area contributed by atoms with Crippen LogP contribution in [0.1, 0.15) is 38.8 Å². The number of carbonyl (C=O) groups excluding carboxylic acids is 1. The Bertz CT molecular complexity index is 490. The molecule has 1 aliphatic heterocycles.